The van der Waals surface area contributed by atoms with Crippen molar-refractivity contribution in [2.45, 2.75) is 19.3 Å². The van der Waals surface area contributed by atoms with Crippen LogP contribution in [0, 0.1) is 23.7 Å². The van der Waals surface area contributed by atoms with Gasteiger partial charge < -0.3 is 5.32 Å². The smallest absolute Gasteiger partial charge is 0.255 e. The topological polar surface area (TPSA) is 79.4 Å². The number of amides is 3. The highest BCUT2D eigenvalue weighted by molar-refractivity contribution is 6.22. The van der Waals surface area contributed by atoms with Crippen LogP contribution in [0.15, 0.2) is 60.8 Å². The Morgan fingerprint density at radius 1 is 0.903 bits per heavy atom. The van der Waals surface area contributed by atoms with Gasteiger partial charge in [0.15, 0.2) is 0 Å². The van der Waals surface area contributed by atoms with Crippen molar-refractivity contribution in [2.24, 2.45) is 23.7 Å². The Labute approximate surface area is 179 Å². The number of fused-ring (bicyclic) bond motifs is 6. The summed E-state index contributed by atoms with van der Waals surface area (Å²) in [6.07, 6.45) is 4.82. The molecule has 3 aliphatic rings. The van der Waals surface area contributed by atoms with Gasteiger partial charge in [-0.15, -0.1) is 0 Å². The monoisotopic (exact) mass is 411 g/mol. The number of hydrogen-bond donors (Lipinski definition) is 1. The average Bonchev–Trinajstić information content (AvgIpc) is 3.48. The van der Waals surface area contributed by atoms with Gasteiger partial charge in [0.25, 0.3) is 5.91 Å². The molecule has 2 aliphatic carbocycles. The van der Waals surface area contributed by atoms with Gasteiger partial charge in [0.1, 0.15) is 0 Å². The molecule has 0 spiro atoms. The summed E-state index contributed by atoms with van der Waals surface area (Å²) in [5.74, 6) is 0.0222. The number of aromatic nitrogens is 1. The van der Waals surface area contributed by atoms with E-state index in [0.717, 1.165) is 30.2 Å². The lowest BCUT2D eigenvalue weighted by molar-refractivity contribution is -0.123. The van der Waals surface area contributed by atoms with E-state index in [9.17, 15) is 14.4 Å². The summed E-state index contributed by atoms with van der Waals surface area (Å²) in [4.78, 5) is 44.5. The van der Waals surface area contributed by atoms with Crippen molar-refractivity contribution in [3.8, 4) is 0 Å². The number of nitrogens with zero attached hydrogens (tertiary/aromatic N) is 2. The molecule has 3 fully saturated rings. The molecule has 6 nitrogen and oxygen atoms in total. The lowest BCUT2D eigenvalue weighted by Gasteiger charge is -2.19. The van der Waals surface area contributed by atoms with E-state index in [4.69, 9.17) is 0 Å². The zero-order valence-corrected chi connectivity index (χ0v) is 16.8. The minimum atomic E-state index is -0.265. The molecule has 3 amide bonds. The third-order valence-corrected chi connectivity index (χ3v) is 7.20. The normalized spacial score (nSPS) is 26.5. The van der Waals surface area contributed by atoms with Crippen molar-refractivity contribution < 1.29 is 14.4 Å². The summed E-state index contributed by atoms with van der Waals surface area (Å²) in [5, 5.41) is 3.86. The Balaban J connectivity index is 1.24. The number of benzene rings is 2. The highest BCUT2D eigenvalue weighted by Gasteiger charge is 2.61. The summed E-state index contributed by atoms with van der Waals surface area (Å²) < 4.78 is 0. The minimum Gasteiger partial charge on any atom is -0.320 e. The number of para-hydroxylation sites is 1. The fourth-order valence-corrected chi connectivity index (χ4v) is 5.82. The third-order valence-electron chi connectivity index (χ3n) is 7.20. The molecular weight excluding hydrogens is 390 g/mol. The third kappa shape index (κ3) is 2.71. The van der Waals surface area contributed by atoms with Gasteiger partial charge in [-0.05, 0) is 67.5 Å². The van der Waals surface area contributed by atoms with Gasteiger partial charge in [-0.3, -0.25) is 24.3 Å². The SMILES string of the molecule is O=C(Nc1cccc2cccnc12)c1ccc(N2C(=O)[C@@H]3[C@H]4CCC(C4)[C@@H]3C2=O)cc1. The van der Waals surface area contributed by atoms with Gasteiger partial charge in [-0.1, -0.05) is 18.2 Å². The van der Waals surface area contributed by atoms with Crippen LogP contribution in [0.3, 0.4) is 0 Å². The molecule has 31 heavy (non-hydrogen) atoms. The molecule has 1 aliphatic heterocycles. The van der Waals surface area contributed by atoms with Gasteiger partial charge in [-0.25, -0.2) is 0 Å². The molecular formula is C25H21N3O3. The van der Waals surface area contributed by atoms with Gasteiger partial charge in [0.2, 0.25) is 11.8 Å². The van der Waals surface area contributed by atoms with Gasteiger partial charge in [-0.2, -0.15) is 0 Å². The van der Waals surface area contributed by atoms with Crippen LogP contribution in [-0.4, -0.2) is 22.7 Å². The second-order valence-corrected chi connectivity index (χ2v) is 8.78. The van der Waals surface area contributed by atoms with Crippen LogP contribution in [-0.2, 0) is 9.59 Å². The second-order valence-electron chi connectivity index (χ2n) is 8.78. The maximum absolute atomic E-state index is 13.0. The van der Waals surface area contributed by atoms with Crippen LogP contribution in [0.1, 0.15) is 29.6 Å². The maximum Gasteiger partial charge on any atom is 0.255 e. The number of rotatable bonds is 3. The van der Waals surface area contributed by atoms with Crippen LogP contribution in [0.5, 0.6) is 0 Å². The molecule has 1 saturated heterocycles. The summed E-state index contributed by atoms with van der Waals surface area (Å²) in [6.45, 7) is 0. The van der Waals surface area contributed by atoms with Crippen LogP contribution in [0.25, 0.3) is 10.9 Å². The molecule has 2 bridgehead atoms. The molecule has 2 aromatic carbocycles. The number of pyridine rings is 1. The van der Waals surface area contributed by atoms with E-state index < -0.39 is 0 Å². The lowest BCUT2D eigenvalue weighted by atomic mass is 9.81. The predicted molar refractivity (Wildman–Crippen MR) is 116 cm³/mol. The number of imide groups is 1. The standard InChI is InChI=1S/C25H21N3O3/c29-23(27-19-5-1-3-14-4-2-12-26-22(14)19)15-8-10-18(11-9-15)28-24(30)20-16-6-7-17(13-16)21(20)25(28)31/h1-5,8-12,16-17,20-21H,6-7,13H2,(H,27,29)/t16-,17?,20+,21-/m0/s1. The summed E-state index contributed by atoms with van der Waals surface area (Å²) in [7, 11) is 0. The first-order chi connectivity index (χ1) is 15.1. The number of hydrogen-bond acceptors (Lipinski definition) is 4. The largest absolute Gasteiger partial charge is 0.320 e. The second kappa shape index (κ2) is 6.74. The number of carbonyl (C=O) groups is 3. The van der Waals surface area contributed by atoms with E-state index in [2.05, 4.69) is 10.3 Å². The van der Waals surface area contributed by atoms with Crippen molar-refractivity contribution in [1.82, 2.24) is 4.98 Å². The van der Waals surface area contributed by atoms with Crippen LogP contribution in [0.4, 0.5) is 11.4 Å². The molecule has 4 atom stereocenters. The Bertz CT molecular complexity index is 1200. The lowest BCUT2D eigenvalue weighted by Crippen LogP contribution is -2.32. The summed E-state index contributed by atoms with van der Waals surface area (Å²) >= 11 is 0. The highest BCUT2D eigenvalue weighted by atomic mass is 16.2. The Morgan fingerprint density at radius 2 is 1.58 bits per heavy atom. The molecule has 2 heterocycles. The average molecular weight is 411 g/mol. The zero-order valence-electron chi connectivity index (χ0n) is 16.8. The number of nitrogens with one attached hydrogen (secondary N) is 1. The molecule has 1 unspecified atom stereocenters. The Hall–Kier alpha value is -3.54. The molecule has 1 N–H and O–H groups in total. The highest BCUT2D eigenvalue weighted by Crippen LogP contribution is 2.56. The van der Waals surface area contributed by atoms with E-state index in [-0.39, 0.29) is 29.6 Å². The predicted octanol–water partition coefficient (Wildman–Crippen LogP) is 4.02. The first-order valence-electron chi connectivity index (χ1n) is 10.7. The van der Waals surface area contributed by atoms with Crippen molar-refractivity contribution in [2.75, 3.05) is 10.2 Å². The van der Waals surface area contributed by atoms with Gasteiger partial charge in [0, 0.05) is 17.1 Å². The quantitative estimate of drug-likeness (QED) is 0.660. The summed E-state index contributed by atoms with van der Waals surface area (Å²) in [5.41, 5.74) is 2.37. The van der Waals surface area contributed by atoms with Crippen LogP contribution >= 0.6 is 0 Å². The fourth-order valence-electron chi connectivity index (χ4n) is 5.82. The van der Waals surface area contributed by atoms with Gasteiger partial charge >= 0.3 is 0 Å². The van der Waals surface area contributed by atoms with Crippen molar-refractivity contribution in [1.29, 1.82) is 0 Å². The Morgan fingerprint density at radius 3 is 2.29 bits per heavy atom. The molecule has 6 rings (SSSR count). The zero-order chi connectivity index (χ0) is 21.1. The van der Waals surface area contributed by atoms with Crippen molar-refractivity contribution >= 4 is 40.0 Å². The van der Waals surface area contributed by atoms with Gasteiger partial charge in [0.05, 0.1) is 28.7 Å². The minimum absolute atomic E-state index is 0.0683. The number of anilines is 2. The van der Waals surface area contributed by atoms with Crippen LogP contribution < -0.4 is 10.2 Å². The molecule has 2 saturated carbocycles. The van der Waals surface area contributed by atoms with E-state index in [0.29, 0.717) is 28.8 Å². The maximum atomic E-state index is 13.0. The number of carbonyl (C=O) groups excluding carboxylic acids is 3. The van der Waals surface area contributed by atoms with Crippen LogP contribution in [0.2, 0.25) is 0 Å². The van der Waals surface area contributed by atoms with Crippen molar-refractivity contribution in [3.05, 3.63) is 66.4 Å². The molecule has 0 radical (unpaired) electrons. The Kier molecular flexibility index (Phi) is 3.96. The molecule has 154 valence electrons. The van der Waals surface area contributed by atoms with Crippen molar-refractivity contribution in [3.63, 3.8) is 0 Å². The molecule has 6 heteroatoms. The van der Waals surface area contributed by atoms with E-state index in [1.807, 2.05) is 30.3 Å². The molecule has 3 aromatic rings. The fraction of sp³-hybridized carbons (Fsp3) is 0.280. The summed E-state index contributed by atoms with van der Waals surface area (Å²) in [6, 6.07) is 16.1. The van der Waals surface area contributed by atoms with E-state index >= 15 is 0 Å². The first-order valence-corrected chi connectivity index (χ1v) is 10.7. The molecule has 1 aromatic heterocycles. The van der Waals surface area contributed by atoms with E-state index in [1.54, 1.807) is 30.5 Å². The van der Waals surface area contributed by atoms with E-state index in [1.165, 1.54) is 4.90 Å². The first kappa shape index (κ1) is 18.2.